The number of ether oxygens (including phenoxy) is 2. The van der Waals surface area contributed by atoms with Crippen molar-refractivity contribution >= 4 is 46.4 Å². The first-order chi connectivity index (χ1) is 20.7. The number of esters is 1. The zero-order chi connectivity index (χ0) is 31.8. The van der Waals surface area contributed by atoms with Crippen LogP contribution in [0.15, 0.2) is 34.9 Å². The van der Waals surface area contributed by atoms with Crippen LogP contribution in [0, 0.1) is 5.41 Å². The molecule has 0 aromatic heterocycles. The molecule has 1 fully saturated rings. The molecule has 2 aromatic carbocycles. The van der Waals surface area contributed by atoms with Gasteiger partial charge in [0, 0.05) is 12.0 Å². The molecule has 0 unspecified atom stereocenters. The van der Waals surface area contributed by atoms with E-state index in [2.05, 4.69) is 0 Å². The molecule has 226 valence electrons. The fourth-order valence-electron chi connectivity index (χ4n) is 7.54. The van der Waals surface area contributed by atoms with Gasteiger partial charge in [-0.3, -0.25) is 14.4 Å². The Balaban J connectivity index is 1.57. The van der Waals surface area contributed by atoms with E-state index in [4.69, 9.17) is 21.1 Å². The van der Waals surface area contributed by atoms with E-state index < -0.39 is 115 Å². The molecular formula is C31H23ClO12. The number of carbonyl (C=O) groups excluding carboxylic acids is 4. The Morgan fingerprint density at radius 1 is 1.00 bits per heavy atom. The van der Waals surface area contributed by atoms with E-state index in [9.17, 15) is 49.8 Å². The highest BCUT2D eigenvalue weighted by Crippen LogP contribution is 2.63. The Morgan fingerprint density at radius 3 is 2.30 bits per heavy atom. The Hall–Kier alpha value is -4.81. The Labute approximate surface area is 252 Å². The van der Waals surface area contributed by atoms with Crippen molar-refractivity contribution in [3.63, 3.8) is 0 Å². The van der Waals surface area contributed by atoms with Gasteiger partial charge >= 0.3 is 5.97 Å². The number of fused-ring (bicyclic) bond motifs is 3. The summed E-state index contributed by atoms with van der Waals surface area (Å²) < 4.78 is 10.8. The lowest BCUT2D eigenvalue weighted by Gasteiger charge is -2.43. The van der Waals surface area contributed by atoms with E-state index >= 15 is 0 Å². The molecule has 1 heterocycles. The number of phenolic OH excluding ortho intramolecular Hbond substituents is 3. The molecule has 0 saturated heterocycles. The minimum atomic E-state index is -2.54. The normalized spacial score (nSPS) is 28.3. The molecule has 8 rings (SSSR count). The van der Waals surface area contributed by atoms with Crippen molar-refractivity contribution in [1.82, 2.24) is 0 Å². The number of halogens is 1. The minimum Gasteiger partial charge on any atom is -0.507 e. The molecule has 0 radical (unpaired) electrons. The molecule has 1 saturated carbocycles. The number of aliphatic hydroxyl groups is 3. The Kier molecular flexibility index (Phi) is 5.50. The van der Waals surface area contributed by atoms with Gasteiger partial charge in [-0.1, -0.05) is 23.3 Å². The predicted molar refractivity (Wildman–Crippen MR) is 150 cm³/mol. The van der Waals surface area contributed by atoms with E-state index in [0.717, 1.165) is 19.2 Å². The highest BCUT2D eigenvalue weighted by atomic mass is 35.5. The maximum Gasteiger partial charge on any atom is 0.358 e. The molecule has 13 heteroatoms. The maximum absolute atomic E-state index is 14.3. The van der Waals surface area contributed by atoms with Gasteiger partial charge in [-0.25, -0.2) is 4.79 Å². The lowest BCUT2D eigenvalue weighted by molar-refractivity contribution is -0.169. The van der Waals surface area contributed by atoms with Crippen molar-refractivity contribution in [2.75, 3.05) is 7.11 Å². The number of allylic oxidation sites excluding steroid dienone is 3. The quantitative estimate of drug-likeness (QED) is 0.154. The van der Waals surface area contributed by atoms with Gasteiger partial charge in [0.05, 0.1) is 45.7 Å². The topological polar surface area (TPSA) is 208 Å². The average Bonchev–Trinajstić information content (AvgIpc) is 3.19. The molecule has 0 amide bonds. The predicted octanol–water partition coefficient (Wildman–Crippen LogP) is 3.07. The third-order valence-electron chi connectivity index (χ3n) is 9.39. The van der Waals surface area contributed by atoms with E-state index in [1.54, 1.807) is 0 Å². The number of methoxy groups -OCH3 is 1. The van der Waals surface area contributed by atoms with Gasteiger partial charge in [0.1, 0.15) is 40.4 Å². The van der Waals surface area contributed by atoms with Gasteiger partial charge < -0.3 is 40.1 Å². The van der Waals surface area contributed by atoms with Crippen LogP contribution in [0.1, 0.15) is 58.3 Å². The fourth-order valence-corrected chi connectivity index (χ4v) is 7.84. The summed E-state index contributed by atoms with van der Waals surface area (Å²) >= 11 is 6.90. The standard InChI is InChI=1S/C31H23ClO12/c1-9-7-30-8-10-16(15(9)24(38)21(30)25(39)17-11(33)3-4-12(34)18(17)28(30)41)23(37)19-26(40)20-13(35)5-6-14(36)31(20,29(42)43-2)44-27(19)22(10)32/h3-4,7,14-15,33-34,36-37,39-40H,5-6,8H2,1-2H3/t14-,15-,30-,31-/m1/s1. The first-order valence-corrected chi connectivity index (χ1v) is 13.9. The van der Waals surface area contributed by atoms with Crippen LogP contribution in [0.2, 0.25) is 5.02 Å². The second-order valence-electron chi connectivity index (χ2n) is 11.5. The first-order valence-electron chi connectivity index (χ1n) is 13.5. The van der Waals surface area contributed by atoms with Crippen LogP contribution in [0.4, 0.5) is 0 Å². The van der Waals surface area contributed by atoms with Crippen molar-refractivity contribution in [2.24, 2.45) is 5.41 Å². The summed E-state index contributed by atoms with van der Waals surface area (Å²) in [6, 6.07) is 2.12. The number of benzene rings is 2. The van der Waals surface area contributed by atoms with E-state index in [1.165, 1.54) is 13.0 Å². The van der Waals surface area contributed by atoms with Crippen LogP contribution in [0.25, 0.3) is 11.5 Å². The summed E-state index contributed by atoms with van der Waals surface area (Å²) in [6.07, 6.45) is -1.21. The largest absolute Gasteiger partial charge is 0.507 e. The first kappa shape index (κ1) is 28.0. The van der Waals surface area contributed by atoms with Gasteiger partial charge in [-0.05, 0) is 37.5 Å². The monoisotopic (exact) mass is 622 g/mol. The smallest absolute Gasteiger partial charge is 0.358 e. The van der Waals surface area contributed by atoms with E-state index in [1.807, 2.05) is 0 Å². The molecular weight excluding hydrogens is 600 g/mol. The van der Waals surface area contributed by atoms with Gasteiger partial charge in [-0.15, -0.1) is 0 Å². The molecule has 44 heavy (non-hydrogen) atoms. The zero-order valence-electron chi connectivity index (χ0n) is 23.0. The van der Waals surface area contributed by atoms with Gasteiger partial charge in [0.2, 0.25) is 0 Å². The maximum atomic E-state index is 14.3. The van der Waals surface area contributed by atoms with Crippen LogP contribution < -0.4 is 4.74 Å². The van der Waals surface area contributed by atoms with Crippen molar-refractivity contribution in [3.05, 3.63) is 67.8 Å². The van der Waals surface area contributed by atoms with Crippen LogP contribution >= 0.6 is 11.6 Å². The summed E-state index contributed by atoms with van der Waals surface area (Å²) in [6.45, 7) is 1.52. The summed E-state index contributed by atoms with van der Waals surface area (Å²) in [5.74, 6) is -9.01. The minimum absolute atomic E-state index is 0.0264. The number of hydrogen-bond acceptors (Lipinski definition) is 12. The Morgan fingerprint density at radius 2 is 1.64 bits per heavy atom. The summed E-state index contributed by atoms with van der Waals surface area (Å²) in [4.78, 5) is 54.7. The molecule has 2 bridgehead atoms. The van der Waals surface area contributed by atoms with Crippen LogP contribution in [0.5, 0.6) is 23.0 Å². The lowest BCUT2D eigenvalue weighted by atomic mass is 9.61. The van der Waals surface area contributed by atoms with Crippen molar-refractivity contribution in [1.29, 1.82) is 0 Å². The molecule has 12 nitrogen and oxygen atoms in total. The van der Waals surface area contributed by atoms with Gasteiger partial charge in [0.15, 0.2) is 23.1 Å². The molecule has 1 spiro atoms. The third-order valence-corrected chi connectivity index (χ3v) is 9.79. The molecule has 5 aliphatic carbocycles. The number of carbonyl (C=O) groups is 4. The lowest BCUT2D eigenvalue weighted by Crippen LogP contribution is -2.61. The molecule has 6 aliphatic rings. The number of phenols is 3. The van der Waals surface area contributed by atoms with Gasteiger partial charge in [-0.2, -0.15) is 0 Å². The highest BCUT2D eigenvalue weighted by molar-refractivity contribution is 6.34. The number of rotatable bonds is 1. The van der Waals surface area contributed by atoms with Crippen LogP contribution in [-0.4, -0.2) is 72.8 Å². The molecule has 6 N–H and O–H groups in total. The third kappa shape index (κ3) is 2.96. The SMILES string of the molecule is COC(=O)[C@]12Oc3c(Cl)c4c(c(O)c3C(O)=C1C(=O)CC[C@H]2O)[C@@H]1C(=O)C2=C(O)c3c(O)ccc(O)c3C(=O)[C@]2(C=C1C)C4. The van der Waals surface area contributed by atoms with Crippen LogP contribution in [0.3, 0.4) is 0 Å². The van der Waals surface area contributed by atoms with Crippen molar-refractivity contribution in [2.45, 2.75) is 43.8 Å². The highest BCUT2D eigenvalue weighted by Gasteiger charge is 2.63. The average molecular weight is 623 g/mol. The van der Waals surface area contributed by atoms with Crippen LogP contribution in [-0.2, 0) is 25.5 Å². The number of aromatic hydroxyl groups is 3. The van der Waals surface area contributed by atoms with Crippen molar-refractivity contribution in [3.8, 4) is 23.0 Å². The number of ketones is 3. The summed E-state index contributed by atoms with van der Waals surface area (Å²) in [7, 11) is 0.990. The summed E-state index contributed by atoms with van der Waals surface area (Å²) in [5, 5.41) is 66.4. The molecule has 4 atom stereocenters. The van der Waals surface area contributed by atoms with Gasteiger partial charge in [0.25, 0.3) is 5.60 Å². The molecule has 2 aromatic rings. The van der Waals surface area contributed by atoms with Crippen molar-refractivity contribution < 1.29 is 59.3 Å². The summed E-state index contributed by atoms with van der Waals surface area (Å²) in [5.41, 5.74) is -6.83. The second kappa shape index (κ2) is 8.64. The fraction of sp³-hybridized carbons (Fsp3) is 0.290. The Bertz CT molecular complexity index is 1930. The number of aliphatic hydroxyl groups excluding tert-OH is 3. The number of hydrogen-bond donors (Lipinski definition) is 6. The second-order valence-corrected chi connectivity index (χ2v) is 11.9. The zero-order valence-corrected chi connectivity index (χ0v) is 23.8. The number of Topliss-reactive ketones (excluding diaryl/α,β-unsaturated/α-hetero) is 3. The molecule has 1 aliphatic heterocycles. The van der Waals surface area contributed by atoms with E-state index in [-0.39, 0.29) is 34.6 Å². The van der Waals surface area contributed by atoms with E-state index in [0.29, 0.717) is 0 Å².